The van der Waals surface area contributed by atoms with E-state index in [4.69, 9.17) is 9.47 Å². The summed E-state index contributed by atoms with van der Waals surface area (Å²) in [5, 5.41) is 17.4. The molecule has 0 amide bonds. The van der Waals surface area contributed by atoms with Gasteiger partial charge in [-0.2, -0.15) is 15.3 Å². The Morgan fingerprint density at radius 2 is 1.97 bits per heavy atom. The summed E-state index contributed by atoms with van der Waals surface area (Å²) < 4.78 is 13.7. The van der Waals surface area contributed by atoms with Crippen LogP contribution in [0.4, 0.5) is 5.82 Å². The summed E-state index contributed by atoms with van der Waals surface area (Å²) in [6, 6.07) is 9.91. The normalized spacial score (nSPS) is 15.5. The zero-order valence-corrected chi connectivity index (χ0v) is 19.0. The van der Waals surface area contributed by atoms with E-state index in [2.05, 4.69) is 36.6 Å². The molecule has 1 saturated heterocycles. The summed E-state index contributed by atoms with van der Waals surface area (Å²) in [5.74, 6) is 1.44. The quantitative estimate of drug-likeness (QED) is 0.478. The smallest absolute Gasteiger partial charge is 0.146 e. The van der Waals surface area contributed by atoms with E-state index in [1.165, 1.54) is 0 Å². The number of hydrogen-bond donors (Lipinski definition) is 1. The number of aryl methyl sites for hydroxylation is 2. The minimum atomic E-state index is -0.0884. The largest absolute Gasteiger partial charge is 0.488 e. The van der Waals surface area contributed by atoms with Crippen LogP contribution in [0.25, 0.3) is 22.2 Å². The molecule has 4 aromatic rings. The molecule has 1 aromatic carbocycles. The van der Waals surface area contributed by atoms with Crippen LogP contribution in [-0.4, -0.2) is 49.3 Å². The maximum Gasteiger partial charge on any atom is 0.146 e. The summed E-state index contributed by atoms with van der Waals surface area (Å²) in [4.78, 5) is 9.12. The predicted molar refractivity (Wildman–Crippen MR) is 125 cm³/mol. The van der Waals surface area contributed by atoms with Gasteiger partial charge in [-0.3, -0.25) is 4.68 Å². The van der Waals surface area contributed by atoms with Crippen LogP contribution in [-0.2, 0) is 11.8 Å². The maximum atomic E-state index is 6.44. The monoisotopic (exact) mass is 445 g/mol. The summed E-state index contributed by atoms with van der Waals surface area (Å²) in [6.45, 7) is 5.38. The van der Waals surface area contributed by atoms with Crippen molar-refractivity contribution in [1.82, 2.24) is 29.9 Å². The Labute approximate surface area is 192 Å². The van der Waals surface area contributed by atoms with Crippen LogP contribution in [0, 0.1) is 6.92 Å². The molecule has 170 valence electrons. The first-order chi connectivity index (χ1) is 16.1. The van der Waals surface area contributed by atoms with Gasteiger partial charge >= 0.3 is 0 Å². The molecular formula is C24H27N7O2. The number of rotatable bonds is 6. The van der Waals surface area contributed by atoms with Gasteiger partial charge in [-0.25, -0.2) is 9.97 Å². The van der Waals surface area contributed by atoms with Gasteiger partial charge in [-0.15, -0.1) is 0 Å². The molecule has 1 unspecified atom stereocenters. The van der Waals surface area contributed by atoms with E-state index < -0.39 is 0 Å². The topological polar surface area (TPSA) is 99.9 Å². The number of nitrogens with zero attached hydrogens (tertiary/aromatic N) is 6. The van der Waals surface area contributed by atoms with E-state index in [1.807, 2.05) is 51.4 Å². The van der Waals surface area contributed by atoms with Crippen LogP contribution in [0.15, 0.2) is 42.9 Å². The standard InChI is InChI=1S/C24H27N7O2/c1-15-4-5-20(29-28-15)16(2)27-24-19-12-17(21-6-9-31(3)30-21)13-22(23(19)25-14-26-24)33-18-7-10-32-11-8-18/h4-6,9,12-14,16,18H,7-8,10-11H2,1-3H3,(H,25,26,27). The molecule has 4 heterocycles. The Hall–Kier alpha value is -3.59. The molecule has 0 bridgehead atoms. The van der Waals surface area contributed by atoms with Crippen LogP contribution in [0.3, 0.4) is 0 Å². The molecule has 1 N–H and O–H groups in total. The fraction of sp³-hybridized carbons (Fsp3) is 0.375. The predicted octanol–water partition coefficient (Wildman–Crippen LogP) is 3.86. The first-order valence-corrected chi connectivity index (χ1v) is 11.2. The average molecular weight is 446 g/mol. The Balaban J connectivity index is 1.56. The number of hydrogen-bond acceptors (Lipinski definition) is 8. The molecule has 33 heavy (non-hydrogen) atoms. The van der Waals surface area contributed by atoms with Gasteiger partial charge in [0.2, 0.25) is 0 Å². The van der Waals surface area contributed by atoms with E-state index >= 15 is 0 Å². The first kappa shape index (κ1) is 21.3. The van der Waals surface area contributed by atoms with E-state index in [0.717, 1.165) is 52.1 Å². The lowest BCUT2D eigenvalue weighted by molar-refractivity contribution is 0.0261. The first-order valence-electron chi connectivity index (χ1n) is 11.2. The van der Waals surface area contributed by atoms with Gasteiger partial charge in [-0.1, -0.05) is 0 Å². The summed E-state index contributed by atoms with van der Waals surface area (Å²) in [6.07, 6.45) is 5.30. The number of fused-ring (bicyclic) bond motifs is 1. The van der Waals surface area contributed by atoms with Crippen LogP contribution < -0.4 is 10.1 Å². The highest BCUT2D eigenvalue weighted by atomic mass is 16.5. The van der Waals surface area contributed by atoms with Crippen LogP contribution in [0.1, 0.15) is 37.2 Å². The van der Waals surface area contributed by atoms with Crippen molar-refractivity contribution in [3.05, 3.63) is 54.2 Å². The lowest BCUT2D eigenvalue weighted by atomic mass is 10.1. The number of benzene rings is 1. The molecule has 5 rings (SSSR count). The Morgan fingerprint density at radius 3 is 2.70 bits per heavy atom. The second-order valence-electron chi connectivity index (χ2n) is 8.36. The second kappa shape index (κ2) is 9.11. The minimum Gasteiger partial charge on any atom is -0.488 e. The van der Waals surface area contributed by atoms with Crippen LogP contribution >= 0.6 is 0 Å². The molecule has 1 aliphatic rings. The molecule has 9 heteroatoms. The lowest BCUT2D eigenvalue weighted by Crippen LogP contribution is -2.26. The van der Waals surface area contributed by atoms with Crippen LogP contribution in [0.2, 0.25) is 0 Å². The van der Waals surface area contributed by atoms with Crippen molar-refractivity contribution in [2.45, 2.75) is 38.8 Å². The molecule has 0 aliphatic carbocycles. The van der Waals surface area contributed by atoms with Gasteiger partial charge in [-0.05, 0) is 44.2 Å². The number of ether oxygens (including phenoxy) is 2. The Kier molecular flexibility index (Phi) is 5.87. The molecule has 0 saturated carbocycles. The zero-order chi connectivity index (χ0) is 22.8. The number of anilines is 1. The van der Waals surface area contributed by atoms with Gasteiger partial charge in [0.05, 0.1) is 36.3 Å². The van der Waals surface area contributed by atoms with Gasteiger partial charge in [0, 0.05) is 37.0 Å². The van der Waals surface area contributed by atoms with Crippen molar-refractivity contribution in [2.24, 2.45) is 7.05 Å². The molecule has 3 aromatic heterocycles. The van der Waals surface area contributed by atoms with Crippen molar-refractivity contribution in [3.8, 4) is 17.0 Å². The number of nitrogens with one attached hydrogen (secondary N) is 1. The third-order valence-corrected chi connectivity index (χ3v) is 5.79. The maximum absolute atomic E-state index is 6.44. The number of aromatic nitrogens is 6. The van der Waals surface area contributed by atoms with E-state index in [-0.39, 0.29) is 12.1 Å². The third kappa shape index (κ3) is 4.63. The minimum absolute atomic E-state index is 0.0884. The highest BCUT2D eigenvalue weighted by Crippen LogP contribution is 2.35. The van der Waals surface area contributed by atoms with Crippen molar-refractivity contribution in [3.63, 3.8) is 0 Å². The molecule has 1 atom stereocenters. The summed E-state index contributed by atoms with van der Waals surface area (Å²) >= 11 is 0. The fourth-order valence-electron chi connectivity index (χ4n) is 3.95. The van der Waals surface area contributed by atoms with E-state index in [9.17, 15) is 0 Å². The zero-order valence-electron chi connectivity index (χ0n) is 19.0. The molecule has 1 fully saturated rings. The molecule has 1 aliphatic heterocycles. The lowest BCUT2D eigenvalue weighted by Gasteiger charge is -2.24. The summed E-state index contributed by atoms with van der Waals surface area (Å²) in [5.41, 5.74) is 4.30. The Bertz CT molecular complexity index is 1250. The highest BCUT2D eigenvalue weighted by molar-refractivity contribution is 5.96. The van der Waals surface area contributed by atoms with E-state index in [0.29, 0.717) is 19.0 Å². The van der Waals surface area contributed by atoms with E-state index in [1.54, 1.807) is 11.0 Å². The molecule has 9 nitrogen and oxygen atoms in total. The van der Waals surface area contributed by atoms with Crippen molar-refractivity contribution < 1.29 is 9.47 Å². The third-order valence-electron chi connectivity index (χ3n) is 5.79. The summed E-state index contributed by atoms with van der Waals surface area (Å²) in [7, 11) is 1.91. The highest BCUT2D eigenvalue weighted by Gasteiger charge is 2.20. The van der Waals surface area contributed by atoms with Crippen molar-refractivity contribution in [2.75, 3.05) is 18.5 Å². The van der Waals surface area contributed by atoms with Gasteiger partial charge in [0.25, 0.3) is 0 Å². The Morgan fingerprint density at radius 1 is 1.12 bits per heavy atom. The van der Waals surface area contributed by atoms with Crippen molar-refractivity contribution >= 4 is 16.7 Å². The van der Waals surface area contributed by atoms with Gasteiger partial charge in [0.15, 0.2) is 0 Å². The van der Waals surface area contributed by atoms with Gasteiger partial charge in [0.1, 0.15) is 29.5 Å². The molecule has 0 radical (unpaired) electrons. The molecule has 0 spiro atoms. The van der Waals surface area contributed by atoms with Crippen LogP contribution in [0.5, 0.6) is 5.75 Å². The van der Waals surface area contributed by atoms with Gasteiger partial charge < -0.3 is 14.8 Å². The fourth-order valence-corrected chi connectivity index (χ4v) is 3.95. The average Bonchev–Trinajstić information content (AvgIpc) is 3.27. The SMILES string of the molecule is Cc1ccc(C(C)Nc2ncnc3c(OC4CCOCC4)cc(-c4ccn(C)n4)cc23)nn1. The molecular weight excluding hydrogens is 418 g/mol. The van der Waals surface area contributed by atoms with Crippen molar-refractivity contribution in [1.29, 1.82) is 0 Å². The second-order valence-corrected chi connectivity index (χ2v) is 8.36.